The Morgan fingerprint density at radius 3 is 2.30 bits per heavy atom. The van der Waals surface area contributed by atoms with E-state index >= 15 is 0 Å². The monoisotopic (exact) mass is 321 g/mol. The molecule has 0 fully saturated rings. The van der Waals surface area contributed by atoms with Crippen molar-refractivity contribution >= 4 is 11.4 Å². The molecule has 3 rings (SSSR count). The Hall–Kier alpha value is -2.17. The van der Waals surface area contributed by atoms with Crippen molar-refractivity contribution in [3.05, 3.63) is 53.6 Å². The van der Waals surface area contributed by atoms with Crippen LogP contribution in [-0.2, 0) is 12.8 Å². The van der Waals surface area contributed by atoms with Gasteiger partial charge in [0.05, 0.1) is 0 Å². The summed E-state index contributed by atoms with van der Waals surface area (Å²) in [4.78, 5) is 2.02. The highest BCUT2D eigenvalue weighted by atomic mass is 19.4. The van der Waals surface area contributed by atoms with Crippen molar-refractivity contribution in [2.45, 2.75) is 25.4 Å². The fourth-order valence-electron chi connectivity index (χ4n) is 2.85. The van der Waals surface area contributed by atoms with Crippen molar-refractivity contribution in [3.63, 3.8) is 0 Å². The van der Waals surface area contributed by atoms with E-state index in [1.54, 1.807) is 24.3 Å². The smallest absolute Gasteiger partial charge is 0.422 e. The largest absolute Gasteiger partial charge is 0.484 e. The van der Waals surface area contributed by atoms with Crippen LogP contribution in [0.25, 0.3) is 0 Å². The van der Waals surface area contributed by atoms with E-state index in [1.165, 1.54) is 17.5 Å². The molecule has 5 heteroatoms. The number of benzene rings is 2. The molecular formula is C18H18F3NO. The molecule has 0 aromatic heterocycles. The van der Waals surface area contributed by atoms with E-state index in [0.717, 1.165) is 24.2 Å². The molecular weight excluding hydrogens is 303 g/mol. The van der Waals surface area contributed by atoms with E-state index in [-0.39, 0.29) is 5.75 Å². The molecule has 0 unspecified atom stereocenters. The van der Waals surface area contributed by atoms with Gasteiger partial charge >= 0.3 is 6.18 Å². The standard InChI is InChI=1S/C18H18F3NO/c1-22(16-6-5-13-3-2-4-14(13)11-16)15-7-9-17(10-8-15)23-12-18(19,20)21/h5-11H,2-4,12H2,1H3. The molecule has 2 nitrogen and oxygen atoms in total. The first-order valence-corrected chi connectivity index (χ1v) is 7.57. The Morgan fingerprint density at radius 1 is 0.957 bits per heavy atom. The number of hydrogen-bond donors (Lipinski definition) is 0. The number of halogens is 3. The minimum Gasteiger partial charge on any atom is -0.484 e. The van der Waals surface area contributed by atoms with E-state index in [1.807, 2.05) is 11.9 Å². The topological polar surface area (TPSA) is 12.5 Å². The third kappa shape index (κ3) is 3.78. The summed E-state index contributed by atoms with van der Waals surface area (Å²) in [7, 11) is 1.95. The lowest BCUT2D eigenvalue weighted by atomic mass is 10.1. The molecule has 2 aromatic carbocycles. The molecule has 23 heavy (non-hydrogen) atoms. The molecule has 0 amide bonds. The van der Waals surface area contributed by atoms with Crippen LogP contribution in [-0.4, -0.2) is 19.8 Å². The maximum absolute atomic E-state index is 12.1. The Labute approximate surface area is 133 Å². The first kappa shape index (κ1) is 15.7. The number of ether oxygens (including phenoxy) is 1. The minimum atomic E-state index is -4.32. The van der Waals surface area contributed by atoms with Gasteiger partial charge in [0.1, 0.15) is 5.75 Å². The summed E-state index contributed by atoms with van der Waals surface area (Å²) >= 11 is 0. The maximum atomic E-state index is 12.1. The molecule has 1 aliphatic rings. The van der Waals surface area contributed by atoms with Gasteiger partial charge in [0.2, 0.25) is 0 Å². The van der Waals surface area contributed by atoms with Gasteiger partial charge in [-0.2, -0.15) is 13.2 Å². The van der Waals surface area contributed by atoms with Crippen LogP contribution in [0.5, 0.6) is 5.75 Å². The number of hydrogen-bond acceptors (Lipinski definition) is 2. The van der Waals surface area contributed by atoms with Crippen LogP contribution < -0.4 is 9.64 Å². The number of nitrogens with zero attached hydrogens (tertiary/aromatic N) is 1. The SMILES string of the molecule is CN(c1ccc(OCC(F)(F)F)cc1)c1ccc2c(c1)CCC2. The fraction of sp³-hybridized carbons (Fsp3) is 0.333. The number of alkyl halides is 3. The zero-order valence-electron chi connectivity index (χ0n) is 12.9. The third-order valence-corrected chi connectivity index (χ3v) is 4.10. The van der Waals surface area contributed by atoms with Crippen LogP contribution in [0.2, 0.25) is 0 Å². The molecule has 0 saturated heterocycles. The Bertz CT molecular complexity index is 680. The molecule has 0 N–H and O–H groups in total. The zero-order valence-corrected chi connectivity index (χ0v) is 12.9. The molecule has 0 bridgehead atoms. The highest BCUT2D eigenvalue weighted by molar-refractivity contribution is 5.64. The van der Waals surface area contributed by atoms with Crippen molar-refractivity contribution in [1.29, 1.82) is 0 Å². The maximum Gasteiger partial charge on any atom is 0.422 e. The summed E-state index contributed by atoms with van der Waals surface area (Å²) < 4.78 is 41.2. The highest BCUT2D eigenvalue weighted by Gasteiger charge is 2.28. The van der Waals surface area contributed by atoms with Gasteiger partial charge in [-0.15, -0.1) is 0 Å². The van der Waals surface area contributed by atoms with Crippen LogP contribution in [0, 0.1) is 0 Å². The zero-order chi connectivity index (χ0) is 16.4. The third-order valence-electron chi connectivity index (χ3n) is 4.10. The fourth-order valence-corrected chi connectivity index (χ4v) is 2.85. The molecule has 0 aliphatic heterocycles. The van der Waals surface area contributed by atoms with Gasteiger partial charge in [-0.3, -0.25) is 0 Å². The summed E-state index contributed by atoms with van der Waals surface area (Å²) in [6, 6.07) is 13.1. The summed E-state index contributed by atoms with van der Waals surface area (Å²) in [5.41, 5.74) is 4.79. The molecule has 0 atom stereocenters. The molecule has 0 heterocycles. The average molecular weight is 321 g/mol. The number of aryl methyl sites for hydroxylation is 2. The molecule has 2 aromatic rings. The lowest BCUT2D eigenvalue weighted by molar-refractivity contribution is -0.153. The summed E-state index contributed by atoms with van der Waals surface area (Å²) in [5.74, 6) is 0.216. The summed E-state index contributed by atoms with van der Waals surface area (Å²) in [5, 5.41) is 0. The van der Waals surface area contributed by atoms with Crippen LogP contribution in [0.4, 0.5) is 24.5 Å². The van der Waals surface area contributed by atoms with Crippen molar-refractivity contribution < 1.29 is 17.9 Å². The second-order valence-electron chi connectivity index (χ2n) is 5.76. The van der Waals surface area contributed by atoms with Crippen molar-refractivity contribution in [2.75, 3.05) is 18.6 Å². The lowest BCUT2D eigenvalue weighted by Gasteiger charge is -2.21. The van der Waals surface area contributed by atoms with Gasteiger partial charge in [-0.1, -0.05) is 6.07 Å². The predicted molar refractivity (Wildman–Crippen MR) is 84.5 cm³/mol. The Balaban J connectivity index is 1.71. The van der Waals surface area contributed by atoms with Gasteiger partial charge in [0.25, 0.3) is 0 Å². The number of anilines is 2. The van der Waals surface area contributed by atoms with Gasteiger partial charge < -0.3 is 9.64 Å². The van der Waals surface area contributed by atoms with E-state index in [2.05, 4.69) is 18.2 Å². The normalized spacial score (nSPS) is 13.7. The molecule has 0 spiro atoms. The second-order valence-corrected chi connectivity index (χ2v) is 5.76. The van der Waals surface area contributed by atoms with Crippen molar-refractivity contribution in [1.82, 2.24) is 0 Å². The Kier molecular flexibility index (Phi) is 4.20. The molecule has 0 saturated carbocycles. The second kappa shape index (κ2) is 6.14. The van der Waals surface area contributed by atoms with Crippen LogP contribution in [0.1, 0.15) is 17.5 Å². The summed E-state index contributed by atoms with van der Waals surface area (Å²) in [6.07, 6.45) is -0.862. The van der Waals surface area contributed by atoms with Crippen LogP contribution in [0.15, 0.2) is 42.5 Å². The lowest BCUT2D eigenvalue weighted by Crippen LogP contribution is -2.19. The summed E-state index contributed by atoms with van der Waals surface area (Å²) in [6.45, 7) is -1.27. The first-order chi connectivity index (χ1) is 10.9. The van der Waals surface area contributed by atoms with E-state index < -0.39 is 12.8 Å². The Morgan fingerprint density at radius 2 is 1.61 bits per heavy atom. The number of fused-ring (bicyclic) bond motifs is 1. The van der Waals surface area contributed by atoms with Gasteiger partial charge in [-0.05, 0) is 66.8 Å². The van der Waals surface area contributed by atoms with Crippen molar-refractivity contribution in [3.8, 4) is 5.75 Å². The van der Waals surface area contributed by atoms with Gasteiger partial charge in [-0.25, -0.2) is 0 Å². The van der Waals surface area contributed by atoms with E-state index in [4.69, 9.17) is 4.74 Å². The molecule has 122 valence electrons. The first-order valence-electron chi connectivity index (χ1n) is 7.57. The number of rotatable bonds is 4. The van der Waals surface area contributed by atoms with Gasteiger partial charge in [0.15, 0.2) is 6.61 Å². The average Bonchev–Trinajstić information content (AvgIpc) is 2.99. The predicted octanol–water partition coefficient (Wildman–Crippen LogP) is 4.88. The molecule has 0 radical (unpaired) electrons. The van der Waals surface area contributed by atoms with E-state index in [9.17, 15) is 13.2 Å². The minimum absolute atomic E-state index is 0.216. The highest BCUT2D eigenvalue weighted by Crippen LogP contribution is 2.30. The van der Waals surface area contributed by atoms with Crippen molar-refractivity contribution in [2.24, 2.45) is 0 Å². The van der Waals surface area contributed by atoms with Gasteiger partial charge in [0, 0.05) is 18.4 Å². The molecule has 1 aliphatic carbocycles. The van der Waals surface area contributed by atoms with Crippen LogP contribution in [0.3, 0.4) is 0 Å². The van der Waals surface area contributed by atoms with E-state index in [0.29, 0.717) is 0 Å². The van der Waals surface area contributed by atoms with Crippen LogP contribution >= 0.6 is 0 Å². The quantitative estimate of drug-likeness (QED) is 0.795.